The lowest BCUT2D eigenvalue weighted by atomic mass is 9.83. The van der Waals surface area contributed by atoms with E-state index in [4.69, 9.17) is 34.2 Å². The first kappa shape index (κ1) is 25.7. The van der Waals surface area contributed by atoms with Gasteiger partial charge in [-0.15, -0.1) is 0 Å². The van der Waals surface area contributed by atoms with Gasteiger partial charge < -0.3 is 34.2 Å². The third kappa shape index (κ3) is 4.86. The number of hydrogen-bond donors (Lipinski definition) is 1. The highest BCUT2D eigenvalue weighted by molar-refractivity contribution is 9.10. The molecule has 10 heteroatoms. The van der Waals surface area contributed by atoms with E-state index >= 15 is 0 Å². The van der Waals surface area contributed by atoms with E-state index in [0.717, 1.165) is 10.0 Å². The number of benzene rings is 3. The summed E-state index contributed by atoms with van der Waals surface area (Å²) in [5.41, 5.74) is 7.95. The van der Waals surface area contributed by atoms with Crippen LogP contribution in [0.2, 0.25) is 0 Å². The molecule has 37 heavy (non-hydrogen) atoms. The molecular formula is C27H23BrN2O7. The van der Waals surface area contributed by atoms with Gasteiger partial charge in [-0.1, -0.05) is 22.0 Å². The molecule has 4 rings (SSSR count). The van der Waals surface area contributed by atoms with Gasteiger partial charge in [-0.3, -0.25) is 0 Å². The fourth-order valence-corrected chi connectivity index (χ4v) is 4.49. The van der Waals surface area contributed by atoms with Crippen LogP contribution in [0.1, 0.15) is 27.4 Å². The minimum atomic E-state index is -0.651. The molecule has 0 aromatic heterocycles. The van der Waals surface area contributed by atoms with Crippen LogP contribution in [0.15, 0.2) is 64.5 Å². The molecule has 1 unspecified atom stereocenters. The number of hydrogen-bond acceptors (Lipinski definition) is 9. The zero-order valence-electron chi connectivity index (χ0n) is 20.5. The summed E-state index contributed by atoms with van der Waals surface area (Å²) in [5.74, 6) is 0.875. The number of halogens is 1. The number of nitrogens with zero attached hydrogens (tertiary/aromatic N) is 1. The second kappa shape index (κ2) is 10.7. The zero-order chi connectivity index (χ0) is 26.7. The van der Waals surface area contributed by atoms with Crippen LogP contribution in [0.3, 0.4) is 0 Å². The summed E-state index contributed by atoms with van der Waals surface area (Å²) < 4.78 is 33.6. The van der Waals surface area contributed by atoms with Crippen molar-refractivity contribution in [1.82, 2.24) is 0 Å². The van der Waals surface area contributed by atoms with Crippen molar-refractivity contribution in [1.29, 1.82) is 5.26 Å². The van der Waals surface area contributed by atoms with E-state index in [1.54, 1.807) is 31.4 Å². The van der Waals surface area contributed by atoms with Crippen molar-refractivity contribution in [3.8, 4) is 40.6 Å². The van der Waals surface area contributed by atoms with E-state index in [2.05, 4.69) is 22.0 Å². The van der Waals surface area contributed by atoms with Crippen molar-refractivity contribution in [2.24, 2.45) is 5.73 Å². The molecule has 1 atom stereocenters. The van der Waals surface area contributed by atoms with Crippen molar-refractivity contribution in [2.45, 2.75) is 5.92 Å². The summed E-state index contributed by atoms with van der Waals surface area (Å²) in [7, 11) is 5.94. The first-order valence-corrected chi connectivity index (χ1v) is 11.7. The Bertz CT molecular complexity index is 1420. The number of ether oxygens (including phenoxy) is 6. The van der Waals surface area contributed by atoms with Gasteiger partial charge in [0.05, 0.1) is 39.9 Å². The van der Waals surface area contributed by atoms with Gasteiger partial charge in [-0.2, -0.15) is 5.26 Å². The maximum atomic E-state index is 13.0. The first-order valence-electron chi connectivity index (χ1n) is 10.9. The van der Waals surface area contributed by atoms with Crippen LogP contribution in [0.4, 0.5) is 0 Å². The highest BCUT2D eigenvalue weighted by atomic mass is 79.9. The molecule has 0 bridgehead atoms. The number of carbonyl (C=O) groups excluding carboxylic acids is 1. The van der Waals surface area contributed by atoms with Gasteiger partial charge >= 0.3 is 5.97 Å². The summed E-state index contributed by atoms with van der Waals surface area (Å²) in [6, 6.07) is 15.5. The van der Waals surface area contributed by atoms with Gasteiger partial charge in [-0.25, -0.2) is 4.79 Å². The molecule has 0 radical (unpaired) electrons. The zero-order valence-corrected chi connectivity index (χ0v) is 22.0. The van der Waals surface area contributed by atoms with Crippen LogP contribution in [-0.2, 0) is 0 Å². The SMILES string of the molecule is COc1ccc(Br)cc1C1C(C#N)=C(N)Oc2cc(OC(=O)c3cc(OC)c(OC)c(OC)c3)ccc21. The molecule has 0 fully saturated rings. The van der Waals surface area contributed by atoms with E-state index in [-0.39, 0.29) is 22.8 Å². The van der Waals surface area contributed by atoms with Crippen molar-refractivity contribution in [2.75, 3.05) is 28.4 Å². The number of fused-ring (bicyclic) bond motifs is 1. The minimum absolute atomic E-state index is 0.0462. The maximum absolute atomic E-state index is 13.0. The second-order valence-corrected chi connectivity index (χ2v) is 8.73. The summed E-state index contributed by atoms with van der Waals surface area (Å²) in [4.78, 5) is 13.0. The van der Waals surface area contributed by atoms with Crippen LogP contribution < -0.4 is 34.2 Å². The molecule has 3 aromatic rings. The molecule has 0 amide bonds. The second-order valence-electron chi connectivity index (χ2n) is 7.81. The predicted molar refractivity (Wildman–Crippen MR) is 137 cm³/mol. The summed E-state index contributed by atoms with van der Waals surface area (Å²) in [5, 5.41) is 9.85. The molecule has 2 N–H and O–H groups in total. The normalized spacial score (nSPS) is 14.1. The number of nitrogens with two attached hydrogens (primary N) is 1. The Morgan fingerprint density at radius 1 is 0.919 bits per heavy atom. The van der Waals surface area contributed by atoms with Crippen LogP contribution in [0.5, 0.6) is 34.5 Å². The fourth-order valence-electron chi connectivity index (χ4n) is 4.11. The number of nitriles is 1. The van der Waals surface area contributed by atoms with E-state index < -0.39 is 11.9 Å². The van der Waals surface area contributed by atoms with E-state index in [1.165, 1.54) is 33.5 Å². The molecule has 0 spiro atoms. The van der Waals surface area contributed by atoms with Gasteiger partial charge in [0.25, 0.3) is 0 Å². The molecule has 0 saturated carbocycles. The monoisotopic (exact) mass is 566 g/mol. The Kier molecular flexibility index (Phi) is 7.45. The van der Waals surface area contributed by atoms with E-state index in [1.807, 2.05) is 12.1 Å². The van der Waals surface area contributed by atoms with Crippen molar-refractivity contribution >= 4 is 21.9 Å². The van der Waals surface area contributed by atoms with Crippen LogP contribution in [0.25, 0.3) is 0 Å². The molecule has 1 heterocycles. The summed E-state index contributed by atoms with van der Waals surface area (Å²) in [6.45, 7) is 0. The van der Waals surface area contributed by atoms with Gasteiger partial charge in [0, 0.05) is 21.7 Å². The van der Waals surface area contributed by atoms with Crippen LogP contribution in [-0.4, -0.2) is 34.4 Å². The quantitative estimate of drug-likeness (QED) is 0.313. The maximum Gasteiger partial charge on any atom is 0.343 e. The largest absolute Gasteiger partial charge is 0.496 e. The number of rotatable bonds is 7. The lowest BCUT2D eigenvalue weighted by Crippen LogP contribution is -2.21. The lowest BCUT2D eigenvalue weighted by molar-refractivity contribution is 0.0733. The smallest absolute Gasteiger partial charge is 0.343 e. The number of allylic oxidation sites excluding steroid dienone is 1. The topological polar surface area (TPSA) is 122 Å². The van der Waals surface area contributed by atoms with E-state index in [0.29, 0.717) is 34.3 Å². The van der Waals surface area contributed by atoms with Crippen molar-refractivity contribution < 1.29 is 33.2 Å². The van der Waals surface area contributed by atoms with Crippen molar-refractivity contribution in [3.05, 3.63) is 81.2 Å². The molecule has 0 aliphatic carbocycles. The summed E-state index contributed by atoms with van der Waals surface area (Å²) >= 11 is 3.48. The van der Waals surface area contributed by atoms with Crippen molar-refractivity contribution in [3.63, 3.8) is 0 Å². The Labute approximate surface area is 222 Å². The molecule has 3 aromatic carbocycles. The molecular weight excluding hydrogens is 544 g/mol. The molecule has 1 aliphatic rings. The number of methoxy groups -OCH3 is 4. The first-order chi connectivity index (χ1) is 17.8. The number of carbonyl (C=O) groups is 1. The van der Waals surface area contributed by atoms with Gasteiger partial charge in [0.2, 0.25) is 11.6 Å². The highest BCUT2D eigenvalue weighted by Gasteiger charge is 2.33. The van der Waals surface area contributed by atoms with E-state index in [9.17, 15) is 10.1 Å². The number of esters is 1. The highest BCUT2D eigenvalue weighted by Crippen LogP contribution is 2.46. The lowest BCUT2D eigenvalue weighted by Gasteiger charge is -2.27. The van der Waals surface area contributed by atoms with Gasteiger partial charge in [-0.05, 0) is 36.4 Å². The molecule has 0 saturated heterocycles. The molecule has 9 nitrogen and oxygen atoms in total. The Morgan fingerprint density at radius 3 is 2.19 bits per heavy atom. The fraction of sp³-hybridized carbons (Fsp3) is 0.185. The standard InChI is InChI=1S/C27H23BrN2O7/c1-32-20-8-5-15(28)11-18(20)24-17-7-6-16(12-21(17)37-26(30)19(24)13-29)36-27(31)14-9-22(33-2)25(35-4)23(10-14)34-3/h5-12,24H,30H2,1-4H3. The van der Waals surface area contributed by atoms with Crippen LogP contribution in [0, 0.1) is 11.3 Å². The van der Waals surface area contributed by atoms with Gasteiger partial charge in [0.15, 0.2) is 11.5 Å². The average Bonchev–Trinajstić information content (AvgIpc) is 2.91. The summed E-state index contributed by atoms with van der Waals surface area (Å²) in [6.07, 6.45) is 0. The van der Waals surface area contributed by atoms with Crippen LogP contribution >= 0.6 is 15.9 Å². The predicted octanol–water partition coefficient (Wildman–Crippen LogP) is 4.92. The Hall–Kier alpha value is -4.36. The van der Waals surface area contributed by atoms with Gasteiger partial charge in [0.1, 0.15) is 28.9 Å². The molecule has 190 valence electrons. The third-order valence-corrected chi connectivity index (χ3v) is 6.30. The Morgan fingerprint density at radius 2 is 1.59 bits per heavy atom. The molecule has 1 aliphatic heterocycles. The minimum Gasteiger partial charge on any atom is -0.496 e. The Balaban J connectivity index is 1.72. The average molecular weight is 567 g/mol. The third-order valence-electron chi connectivity index (χ3n) is 5.80.